The topological polar surface area (TPSA) is 101 Å². The molecule has 2 aromatic rings. The Kier molecular flexibility index (Phi) is 6.37. The smallest absolute Gasteiger partial charge is 0.222 e. The summed E-state index contributed by atoms with van der Waals surface area (Å²) in [5.41, 5.74) is 5.75. The zero-order valence-corrected chi connectivity index (χ0v) is 16.5. The number of nitriles is 1. The SMILES string of the molecule is CC(=O)Nc1cc(-c2ccc(OCC(C)(N)CC(C)(C)F)c(C#N)c2)ccn1. The first-order valence-electron chi connectivity index (χ1n) is 8.88. The maximum absolute atomic E-state index is 13.9. The number of nitrogens with zero attached hydrogens (tertiary/aromatic N) is 2. The predicted octanol–water partition coefficient (Wildman–Crippen LogP) is 3.81. The van der Waals surface area contributed by atoms with Crippen molar-refractivity contribution in [2.24, 2.45) is 5.73 Å². The van der Waals surface area contributed by atoms with Gasteiger partial charge in [0.25, 0.3) is 0 Å². The number of pyridine rings is 1. The van der Waals surface area contributed by atoms with E-state index >= 15 is 0 Å². The lowest BCUT2D eigenvalue weighted by molar-refractivity contribution is -0.114. The first-order valence-corrected chi connectivity index (χ1v) is 8.88. The number of halogens is 1. The molecule has 0 aliphatic heterocycles. The van der Waals surface area contributed by atoms with Crippen molar-refractivity contribution in [1.82, 2.24) is 4.98 Å². The van der Waals surface area contributed by atoms with Crippen LogP contribution in [0.5, 0.6) is 5.75 Å². The molecule has 2 rings (SSSR count). The van der Waals surface area contributed by atoms with Gasteiger partial charge >= 0.3 is 0 Å². The molecule has 0 saturated carbocycles. The van der Waals surface area contributed by atoms with Crippen LogP contribution < -0.4 is 15.8 Å². The molecule has 1 aromatic heterocycles. The van der Waals surface area contributed by atoms with Crippen molar-refractivity contribution in [3.63, 3.8) is 0 Å². The minimum atomic E-state index is -1.41. The zero-order chi connectivity index (χ0) is 20.9. The summed E-state index contributed by atoms with van der Waals surface area (Å²) < 4.78 is 19.6. The molecule has 0 spiro atoms. The number of carbonyl (C=O) groups is 1. The lowest BCUT2D eigenvalue weighted by Crippen LogP contribution is -2.46. The number of anilines is 1. The van der Waals surface area contributed by atoms with Gasteiger partial charge in [0.2, 0.25) is 5.91 Å². The predicted molar refractivity (Wildman–Crippen MR) is 107 cm³/mol. The third-order valence-electron chi connectivity index (χ3n) is 3.88. The summed E-state index contributed by atoms with van der Waals surface area (Å²) in [5, 5.41) is 12.1. The van der Waals surface area contributed by atoms with Crippen LogP contribution in [0.1, 0.15) is 39.7 Å². The normalized spacial score (nSPS) is 13.3. The molecule has 0 saturated heterocycles. The van der Waals surface area contributed by atoms with Crippen LogP contribution in [0.2, 0.25) is 0 Å². The van der Waals surface area contributed by atoms with Gasteiger partial charge in [0.05, 0.1) is 11.1 Å². The van der Waals surface area contributed by atoms with E-state index in [2.05, 4.69) is 16.4 Å². The largest absolute Gasteiger partial charge is 0.490 e. The monoisotopic (exact) mass is 384 g/mol. The number of hydrogen-bond donors (Lipinski definition) is 2. The fourth-order valence-electron chi connectivity index (χ4n) is 3.04. The van der Waals surface area contributed by atoms with E-state index in [0.29, 0.717) is 17.1 Å². The van der Waals surface area contributed by atoms with Gasteiger partial charge in [-0.05, 0) is 56.2 Å². The van der Waals surface area contributed by atoms with E-state index in [4.69, 9.17) is 10.5 Å². The third-order valence-corrected chi connectivity index (χ3v) is 3.88. The number of amides is 1. The Labute approximate surface area is 164 Å². The number of aromatic nitrogens is 1. The molecular weight excluding hydrogens is 359 g/mol. The van der Waals surface area contributed by atoms with Gasteiger partial charge in [0, 0.05) is 19.5 Å². The van der Waals surface area contributed by atoms with Crippen LogP contribution in [0, 0.1) is 11.3 Å². The van der Waals surface area contributed by atoms with Crippen molar-refractivity contribution in [3.05, 3.63) is 42.1 Å². The zero-order valence-electron chi connectivity index (χ0n) is 16.5. The molecular formula is C21H25FN4O2. The quantitative estimate of drug-likeness (QED) is 0.756. The Morgan fingerprint density at radius 1 is 1.29 bits per heavy atom. The number of hydrogen-bond acceptors (Lipinski definition) is 5. The van der Waals surface area contributed by atoms with Gasteiger partial charge in [0.1, 0.15) is 29.9 Å². The van der Waals surface area contributed by atoms with Gasteiger partial charge in [-0.25, -0.2) is 9.37 Å². The van der Waals surface area contributed by atoms with Crippen LogP contribution in [0.15, 0.2) is 36.5 Å². The average molecular weight is 384 g/mol. The Bertz CT molecular complexity index is 898. The van der Waals surface area contributed by atoms with Gasteiger partial charge in [-0.1, -0.05) is 6.07 Å². The van der Waals surface area contributed by atoms with Gasteiger partial charge in [-0.2, -0.15) is 5.26 Å². The van der Waals surface area contributed by atoms with Crippen molar-refractivity contribution < 1.29 is 13.9 Å². The standard InChI is InChI=1S/C21H25FN4O2/c1-14(27)26-19-10-16(7-8-25-19)15-5-6-18(17(9-15)11-23)28-13-21(4,24)12-20(2,3)22/h5-10H,12-13,24H2,1-4H3,(H,25,26,27). The Balaban J connectivity index is 2.21. The molecule has 0 bridgehead atoms. The number of benzene rings is 1. The molecule has 3 N–H and O–H groups in total. The Hall–Kier alpha value is -2.98. The number of rotatable bonds is 7. The summed E-state index contributed by atoms with van der Waals surface area (Å²) in [4.78, 5) is 15.3. The summed E-state index contributed by atoms with van der Waals surface area (Å²) >= 11 is 0. The molecule has 0 radical (unpaired) electrons. The van der Waals surface area contributed by atoms with Gasteiger partial charge in [-0.3, -0.25) is 4.79 Å². The van der Waals surface area contributed by atoms with Crippen molar-refractivity contribution in [3.8, 4) is 22.9 Å². The first-order chi connectivity index (χ1) is 13.0. The second-order valence-corrected chi connectivity index (χ2v) is 7.77. The Morgan fingerprint density at radius 3 is 2.57 bits per heavy atom. The van der Waals surface area contributed by atoms with Gasteiger partial charge in [-0.15, -0.1) is 0 Å². The van der Waals surface area contributed by atoms with Crippen molar-refractivity contribution in [2.45, 2.75) is 45.3 Å². The summed E-state index contributed by atoms with van der Waals surface area (Å²) in [6, 6.07) is 10.8. The van der Waals surface area contributed by atoms with E-state index in [9.17, 15) is 14.4 Å². The maximum Gasteiger partial charge on any atom is 0.222 e. The number of ether oxygens (including phenoxy) is 1. The molecule has 6 nitrogen and oxygen atoms in total. The lowest BCUT2D eigenvalue weighted by Gasteiger charge is -2.29. The number of alkyl halides is 1. The average Bonchev–Trinajstić information content (AvgIpc) is 2.57. The first kappa shape index (κ1) is 21.3. The van der Waals surface area contributed by atoms with E-state index in [1.165, 1.54) is 20.8 Å². The second kappa shape index (κ2) is 8.36. The van der Waals surface area contributed by atoms with Crippen LogP contribution in [-0.4, -0.2) is 28.7 Å². The van der Waals surface area contributed by atoms with Crippen molar-refractivity contribution in [1.29, 1.82) is 5.26 Å². The van der Waals surface area contributed by atoms with Crippen molar-refractivity contribution in [2.75, 3.05) is 11.9 Å². The molecule has 0 fully saturated rings. The lowest BCUT2D eigenvalue weighted by atomic mass is 9.90. The molecule has 148 valence electrons. The van der Waals surface area contributed by atoms with Gasteiger partial charge in [0.15, 0.2) is 0 Å². The molecule has 0 aliphatic rings. The van der Waals surface area contributed by atoms with Crippen LogP contribution in [-0.2, 0) is 4.79 Å². The number of carbonyl (C=O) groups excluding carboxylic acids is 1. The molecule has 7 heteroatoms. The second-order valence-electron chi connectivity index (χ2n) is 7.77. The molecule has 1 heterocycles. The molecule has 1 amide bonds. The summed E-state index contributed by atoms with van der Waals surface area (Å²) in [7, 11) is 0. The molecule has 1 unspecified atom stereocenters. The maximum atomic E-state index is 13.9. The van der Waals surface area contributed by atoms with E-state index in [1.807, 2.05) is 0 Å². The minimum Gasteiger partial charge on any atom is -0.490 e. The third kappa shape index (κ3) is 6.32. The van der Waals surface area contributed by atoms with Crippen LogP contribution >= 0.6 is 0 Å². The fourth-order valence-corrected chi connectivity index (χ4v) is 3.04. The highest BCUT2D eigenvalue weighted by Crippen LogP contribution is 2.29. The highest BCUT2D eigenvalue weighted by molar-refractivity contribution is 5.88. The van der Waals surface area contributed by atoms with Crippen molar-refractivity contribution >= 4 is 11.7 Å². The number of nitrogens with one attached hydrogen (secondary N) is 1. The van der Waals surface area contributed by atoms with E-state index in [1.54, 1.807) is 43.5 Å². The Morgan fingerprint density at radius 2 is 1.96 bits per heavy atom. The number of nitrogens with two attached hydrogens (primary N) is 1. The minimum absolute atomic E-state index is 0.0797. The summed E-state index contributed by atoms with van der Waals surface area (Å²) in [5.74, 6) is 0.597. The van der Waals surface area contributed by atoms with Gasteiger partial charge < -0.3 is 15.8 Å². The molecule has 1 atom stereocenters. The van der Waals surface area contributed by atoms with E-state index in [0.717, 1.165) is 11.1 Å². The fraction of sp³-hybridized carbons (Fsp3) is 0.381. The molecule has 28 heavy (non-hydrogen) atoms. The molecule has 1 aromatic carbocycles. The molecule has 0 aliphatic carbocycles. The van der Waals surface area contributed by atoms with Crippen LogP contribution in [0.3, 0.4) is 0 Å². The van der Waals surface area contributed by atoms with E-state index < -0.39 is 11.2 Å². The van der Waals surface area contributed by atoms with E-state index in [-0.39, 0.29) is 18.9 Å². The summed E-state index contributed by atoms with van der Waals surface area (Å²) in [6.07, 6.45) is 1.71. The summed E-state index contributed by atoms with van der Waals surface area (Å²) in [6.45, 7) is 6.14. The highest BCUT2D eigenvalue weighted by atomic mass is 19.1. The highest BCUT2D eigenvalue weighted by Gasteiger charge is 2.30. The van der Waals surface area contributed by atoms with Crippen LogP contribution in [0.25, 0.3) is 11.1 Å². The van der Waals surface area contributed by atoms with Crippen LogP contribution in [0.4, 0.5) is 10.2 Å².